The highest BCUT2D eigenvalue weighted by atomic mass is 16.6. The summed E-state index contributed by atoms with van der Waals surface area (Å²) < 4.78 is 7.22. The van der Waals surface area contributed by atoms with Crippen LogP contribution in [0.25, 0.3) is 0 Å². The molecule has 8 heteroatoms. The Morgan fingerprint density at radius 1 is 1.33 bits per heavy atom. The van der Waals surface area contributed by atoms with Gasteiger partial charge in [-0.15, -0.1) is 0 Å². The van der Waals surface area contributed by atoms with Crippen molar-refractivity contribution in [2.45, 2.75) is 27.7 Å². The van der Waals surface area contributed by atoms with Gasteiger partial charge < -0.3 is 10.1 Å². The van der Waals surface area contributed by atoms with E-state index in [2.05, 4.69) is 10.4 Å². The minimum Gasteiger partial charge on any atom is -0.483 e. The molecule has 0 saturated heterocycles. The van der Waals surface area contributed by atoms with E-state index in [9.17, 15) is 14.9 Å². The molecular weight excluding hydrogens is 312 g/mol. The number of nitro groups is 1. The van der Waals surface area contributed by atoms with E-state index in [0.717, 1.165) is 11.3 Å². The van der Waals surface area contributed by atoms with Gasteiger partial charge >= 0.3 is 0 Å². The van der Waals surface area contributed by atoms with Crippen LogP contribution in [0.15, 0.2) is 12.1 Å². The van der Waals surface area contributed by atoms with E-state index in [4.69, 9.17) is 4.74 Å². The third-order valence-corrected chi connectivity index (χ3v) is 3.89. The fraction of sp³-hybridized carbons (Fsp3) is 0.375. The van der Waals surface area contributed by atoms with Gasteiger partial charge in [0.15, 0.2) is 6.61 Å². The standard InChI is InChI=1S/C16H20N4O4/c1-9-6-7-13(20(22)23)10(2)16(9)24-8-14(21)17-15-11(3)18-19(5)12(15)4/h6-7H,8H2,1-5H3,(H,17,21). The Labute approximate surface area is 139 Å². The minimum atomic E-state index is -0.468. The number of amides is 1. The molecular formula is C16H20N4O4. The first-order valence-electron chi connectivity index (χ1n) is 7.39. The molecule has 0 atom stereocenters. The summed E-state index contributed by atoms with van der Waals surface area (Å²) in [7, 11) is 1.80. The number of anilines is 1. The molecule has 24 heavy (non-hydrogen) atoms. The Balaban J connectivity index is 2.12. The molecule has 0 radical (unpaired) electrons. The lowest BCUT2D eigenvalue weighted by Gasteiger charge is -2.12. The molecule has 0 aliphatic rings. The molecule has 0 spiro atoms. The predicted molar refractivity (Wildman–Crippen MR) is 89.4 cm³/mol. The van der Waals surface area contributed by atoms with Crippen molar-refractivity contribution in [3.63, 3.8) is 0 Å². The number of carbonyl (C=O) groups is 1. The fourth-order valence-electron chi connectivity index (χ4n) is 2.50. The number of hydrogen-bond donors (Lipinski definition) is 1. The van der Waals surface area contributed by atoms with E-state index in [1.165, 1.54) is 6.07 Å². The second-order valence-electron chi connectivity index (χ2n) is 5.62. The summed E-state index contributed by atoms with van der Waals surface area (Å²) in [6.45, 7) is 6.80. The van der Waals surface area contributed by atoms with Crippen molar-refractivity contribution in [1.82, 2.24) is 9.78 Å². The smallest absolute Gasteiger partial charge is 0.276 e. The molecule has 128 valence electrons. The Kier molecular flexibility index (Phi) is 4.87. The Morgan fingerprint density at radius 3 is 2.54 bits per heavy atom. The number of nitro benzene ring substituents is 1. The average Bonchev–Trinajstić information content (AvgIpc) is 2.73. The highest BCUT2D eigenvalue weighted by Gasteiger charge is 2.18. The van der Waals surface area contributed by atoms with Crippen molar-refractivity contribution < 1.29 is 14.5 Å². The van der Waals surface area contributed by atoms with E-state index in [0.29, 0.717) is 22.7 Å². The number of carbonyl (C=O) groups excluding carboxylic acids is 1. The molecule has 1 aromatic carbocycles. The maximum absolute atomic E-state index is 12.1. The third-order valence-electron chi connectivity index (χ3n) is 3.89. The van der Waals surface area contributed by atoms with Gasteiger partial charge in [0, 0.05) is 13.1 Å². The van der Waals surface area contributed by atoms with Gasteiger partial charge in [0.25, 0.3) is 11.6 Å². The predicted octanol–water partition coefficient (Wildman–Crippen LogP) is 2.58. The summed E-state index contributed by atoms with van der Waals surface area (Å²) in [6, 6.07) is 3.04. The molecule has 2 aromatic rings. The summed E-state index contributed by atoms with van der Waals surface area (Å²) in [5, 5.41) is 18.0. The van der Waals surface area contributed by atoms with Gasteiger partial charge in [-0.1, -0.05) is 0 Å². The third kappa shape index (κ3) is 3.37. The minimum absolute atomic E-state index is 0.0324. The number of ether oxygens (including phenoxy) is 1. The topological polar surface area (TPSA) is 99.3 Å². The average molecular weight is 332 g/mol. The van der Waals surface area contributed by atoms with Gasteiger partial charge in [0.05, 0.1) is 27.6 Å². The molecule has 0 saturated carbocycles. The van der Waals surface area contributed by atoms with E-state index in [1.807, 2.05) is 6.92 Å². The van der Waals surface area contributed by atoms with Gasteiger partial charge in [-0.3, -0.25) is 19.6 Å². The van der Waals surface area contributed by atoms with E-state index >= 15 is 0 Å². The van der Waals surface area contributed by atoms with Crippen LogP contribution in [0.5, 0.6) is 5.75 Å². The zero-order valence-electron chi connectivity index (χ0n) is 14.3. The zero-order valence-corrected chi connectivity index (χ0v) is 14.3. The Morgan fingerprint density at radius 2 is 2.00 bits per heavy atom. The van der Waals surface area contributed by atoms with Crippen molar-refractivity contribution in [3.8, 4) is 5.75 Å². The van der Waals surface area contributed by atoms with Crippen molar-refractivity contribution in [2.24, 2.45) is 7.05 Å². The van der Waals surface area contributed by atoms with Crippen LogP contribution in [-0.2, 0) is 11.8 Å². The second kappa shape index (κ2) is 6.69. The van der Waals surface area contributed by atoms with Crippen LogP contribution in [0.3, 0.4) is 0 Å². The normalized spacial score (nSPS) is 10.5. The summed E-state index contributed by atoms with van der Waals surface area (Å²) in [5.41, 5.74) is 3.31. The lowest BCUT2D eigenvalue weighted by molar-refractivity contribution is -0.385. The Bertz CT molecular complexity index is 811. The monoisotopic (exact) mass is 332 g/mol. The van der Waals surface area contributed by atoms with Crippen LogP contribution in [0.2, 0.25) is 0 Å². The number of nitrogens with zero attached hydrogens (tertiary/aromatic N) is 3. The first-order chi connectivity index (χ1) is 11.2. The van der Waals surface area contributed by atoms with E-state index in [-0.39, 0.29) is 18.2 Å². The van der Waals surface area contributed by atoms with Crippen molar-refractivity contribution in [1.29, 1.82) is 0 Å². The van der Waals surface area contributed by atoms with Crippen LogP contribution in [0, 0.1) is 37.8 Å². The molecule has 0 fully saturated rings. The number of rotatable bonds is 5. The first kappa shape index (κ1) is 17.5. The maximum Gasteiger partial charge on any atom is 0.276 e. The van der Waals surface area contributed by atoms with Gasteiger partial charge in [-0.25, -0.2) is 0 Å². The van der Waals surface area contributed by atoms with Gasteiger partial charge in [0.2, 0.25) is 0 Å². The van der Waals surface area contributed by atoms with Crippen LogP contribution < -0.4 is 10.1 Å². The Hall–Kier alpha value is -2.90. The van der Waals surface area contributed by atoms with Crippen molar-refractivity contribution in [2.75, 3.05) is 11.9 Å². The maximum atomic E-state index is 12.1. The first-order valence-corrected chi connectivity index (χ1v) is 7.39. The molecule has 1 N–H and O–H groups in total. The molecule has 2 rings (SSSR count). The summed E-state index contributed by atoms with van der Waals surface area (Å²) >= 11 is 0. The number of aryl methyl sites for hydroxylation is 3. The van der Waals surface area contributed by atoms with Gasteiger partial charge in [-0.2, -0.15) is 5.10 Å². The lowest BCUT2D eigenvalue weighted by atomic mass is 10.1. The number of benzene rings is 1. The number of hydrogen-bond acceptors (Lipinski definition) is 5. The van der Waals surface area contributed by atoms with E-state index in [1.54, 1.807) is 38.6 Å². The van der Waals surface area contributed by atoms with Crippen LogP contribution in [-0.4, -0.2) is 27.2 Å². The summed E-state index contributed by atoms with van der Waals surface area (Å²) in [5.74, 6) is 0.0125. The van der Waals surface area contributed by atoms with Crippen molar-refractivity contribution in [3.05, 3.63) is 44.8 Å². The molecule has 1 amide bonds. The van der Waals surface area contributed by atoms with Crippen LogP contribution >= 0.6 is 0 Å². The summed E-state index contributed by atoms with van der Waals surface area (Å²) in [4.78, 5) is 22.7. The van der Waals surface area contributed by atoms with Gasteiger partial charge in [0.1, 0.15) is 5.75 Å². The largest absolute Gasteiger partial charge is 0.483 e. The van der Waals surface area contributed by atoms with Crippen LogP contribution in [0.4, 0.5) is 11.4 Å². The SMILES string of the molecule is Cc1ccc([N+](=O)[O-])c(C)c1OCC(=O)Nc1c(C)nn(C)c1C. The molecule has 1 heterocycles. The molecule has 0 aliphatic heterocycles. The zero-order chi connectivity index (χ0) is 18.0. The van der Waals surface area contributed by atoms with Crippen LogP contribution in [0.1, 0.15) is 22.5 Å². The van der Waals surface area contributed by atoms with E-state index < -0.39 is 4.92 Å². The highest BCUT2D eigenvalue weighted by Crippen LogP contribution is 2.30. The highest BCUT2D eigenvalue weighted by molar-refractivity contribution is 5.93. The summed E-state index contributed by atoms with van der Waals surface area (Å²) in [6.07, 6.45) is 0. The van der Waals surface area contributed by atoms with Gasteiger partial charge in [-0.05, 0) is 39.3 Å². The number of nitrogens with one attached hydrogen (secondary N) is 1. The second-order valence-corrected chi connectivity index (χ2v) is 5.62. The molecule has 8 nitrogen and oxygen atoms in total. The van der Waals surface area contributed by atoms with Crippen molar-refractivity contribution >= 4 is 17.3 Å². The number of aromatic nitrogens is 2. The lowest BCUT2D eigenvalue weighted by Crippen LogP contribution is -2.21. The quantitative estimate of drug-likeness (QED) is 0.670. The molecule has 0 aliphatic carbocycles. The molecule has 0 unspecified atom stereocenters. The molecule has 0 bridgehead atoms. The molecule has 1 aromatic heterocycles. The fourth-order valence-corrected chi connectivity index (χ4v) is 2.50.